The molecule has 1 N–H and O–H groups in total. The fourth-order valence-corrected chi connectivity index (χ4v) is 4.64. The molecule has 0 atom stereocenters. The summed E-state index contributed by atoms with van der Waals surface area (Å²) in [6, 6.07) is 16.7. The van der Waals surface area contributed by atoms with Crippen molar-refractivity contribution < 1.29 is 26.4 Å². The number of carbonyl (C=O) groups excluding carboxylic acids is 1. The average molecular weight is 497 g/mol. The van der Waals surface area contributed by atoms with Crippen molar-refractivity contribution in [2.24, 2.45) is 0 Å². The Bertz CT molecular complexity index is 1250. The predicted molar refractivity (Wildman–Crippen MR) is 120 cm³/mol. The number of alkyl halides is 3. The van der Waals surface area contributed by atoms with E-state index in [-0.39, 0.29) is 17.1 Å². The molecule has 3 aromatic rings. The van der Waals surface area contributed by atoms with Crippen molar-refractivity contribution >= 4 is 33.2 Å². The van der Waals surface area contributed by atoms with Crippen molar-refractivity contribution in [3.63, 3.8) is 0 Å². The summed E-state index contributed by atoms with van der Waals surface area (Å²) in [5.41, 5.74) is 0.545. The van der Waals surface area contributed by atoms with Crippen LogP contribution in [0.25, 0.3) is 0 Å². The summed E-state index contributed by atoms with van der Waals surface area (Å²) in [4.78, 5) is 12.6. The number of hydrogen-bond acceptors (Lipinski definition) is 3. The Kier molecular flexibility index (Phi) is 7.46. The van der Waals surface area contributed by atoms with E-state index in [0.717, 1.165) is 28.1 Å². The lowest BCUT2D eigenvalue weighted by Gasteiger charge is -2.22. The smallest absolute Gasteiger partial charge is 0.325 e. The van der Waals surface area contributed by atoms with Gasteiger partial charge in [-0.05, 0) is 55.0 Å². The van der Waals surface area contributed by atoms with Crippen LogP contribution in [0.15, 0.2) is 77.7 Å². The average Bonchev–Trinajstić information content (AvgIpc) is 2.73. The van der Waals surface area contributed by atoms with Gasteiger partial charge in [0.05, 0.1) is 17.0 Å². The molecule has 0 bridgehead atoms. The summed E-state index contributed by atoms with van der Waals surface area (Å²) < 4.78 is 66.3. The Morgan fingerprint density at radius 3 is 2.30 bits per heavy atom. The highest BCUT2D eigenvalue weighted by molar-refractivity contribution is 7.89. The fourth-order valence-electron chi connectivity index (χ4n) is 3.13. The van der Waals surface area contributed by atoms with Crippen LogP contribution < -0.4 is 5.32 Å². The van der Waals surface area contributed by atoms with Crippen molar-refractivity contribution in [2.75, 3.05) is 11.9 Å². The highest BCUT2D eigenvalue weighted by atomic mass is 35.5. The van der Waals surface area contributed by atoms with Crippen molar-refractivity contribution in [3.05, 3.63) is 94.5 Å². The lowest BCUT2D eigenvalue weighted by Crippen LogP contribution is -2.37. The predicted octanol–water partition coefficient (Wildman–Crippen LogP) is 5.50. The largest absolute Gasteiger partial charge is 0.416 e. The first-order valence-electron chi connectivity index (χ1n) is 9.73. The third-order valence-corrected chi connectivity index (χ3v) is 6.74. The number of amides is 1. The van der Waals surface area contributed by atoms with E-state index < -0.39 is 34.2 Å². The van der Waals surface area contributed by atoms with Crippen LogP contribution >= 0.6 is 11.6 Å². The van der Waals surface area contributed by atoms with E-state index >= 15 is 0 Å². The van der Waals surface area contributed by atoms with E-state index in [0.29, 0.717) is 10.6 Å². The van der Waals surface area contributed by atoms with Gasteiger partial charge in [0.25, 0.3) is 0 Å². The third kappa shape index (κ3) is 6.56. The zero-order chi connectivity index (χ0) is 24.2. The molecule has 0 heterocycles. The minimum atomic E-state index is -4.57. The molecule has 0 saturated carbocycles. The van der Waals surface area contributed by atoms with Crippen molar-refractivity contribution in [3.8, 4) is 0 Å². The maximum Gasteiger partial charge on any atom is 0.416 e. The molecular weight excluding hydrogens is 477 g/mol. The minimum absolute atomic E-state index is 0.0635. The molecule has 33 heavy (non-hydrogen) atoms. The number of carbonyl (C=O) groups is 1. The minimum Gasteiger partial charge on any atom is -0.325 e. The number of benzene rings is 3. The van der Waals surface area contributed by atoms with E-state index in [1.807, 2.05) is 13.0 Å². The molecule has 0 aliphatic carbocycles. The zero-order valence-corrected chi connectivity index (χ0v) is 19.0. The molecule has 0 unspecified atom stereocenters. The number of sulfonamides is 1. The normalized spacial score (nSPS) is 12.1. The highest BCUT2D eigenvalue weighted by Gasteiger charge is 2.31. The number of nitrogens with zero attached hydrogens (tertiary/aromatic N) is 1. The second-order valence-electron chi connectivity index (χ2n) is 7.34. The van der Waals surface area contributed by atoms with Gasteiger partial charge in [-0.2, -0.15) is 17.5 Å². The fraction of sp³-hybridized carbons (Fsp3) is 0.174. The number of anilines is 1. The van der Waals surface area contributed by atoms with Gasteiger partial charge in [-0.25, -0.2) is 8.42 Å². The summed E-state index contributed by atoms with van der Waals surface area (Å²) in [7, 11) is -4.11. The molecule has 0 aromatic heterocycles. The van der Waals surface area contributed by atoms with Crippen molar-refractivity contribution in [1.82, 2.24) is 4.31 Å². The van der Waals surface area contributed by atoms with Gasteiger partial charge in [0.1, 0.15) is 0 Å². The Morgan fingerprint density at radius 2 is 1.67 bits per heavy atom. The standard InChI is InChI=1S/C23H20ClF3N2O3S/c1-16-4-2-5-17(12-16)14-29(33(31,32)21-10-8-19(24)9-11-21)15-22(30)28-20-7-3-6-18(13-20)23(25,26)27/h2-13H,14-15H2,1H3,(H,28,30). The van der Waals surface area contributed by atoms with Crippen LogP contribution in [0.3, 0.4) is 0 Å². The van der Waals surface area contributed by atoms with Gasteiger partial charge < -0.3 is 5.32 Å². The van der Waals surface area contributed by atoms with E-state index in [1.54, 1.807) is 18.2 Å². The van der Waals surface area contributed by atoms with E-state index in [9.17, 15) is 26.4 Å². The maximum atomic E-state index is 13.3. The number of aryl methyl sites for hydroxylation is 1. The summed E-state index contributed by atoms with van der Waals surface area (Å²) in [6.07, 6.45) is -4.57. The maximum absolute atomic E-state index is 13.3. The summed E-state index contributed by atoms with van der Waals surface area (Å²) in [5, 5.41) is 2.70. The van der Waals surface area contributed by atoms with Gasteiger partial charge >= 0.3 is 6.18 Å². The zero-order valence-electron chi connectivity index (χ0n) is 17.4. The molecular formula is C23H20ClF3N2O3S. The van der Waals surface area contributed by atoms with Gasteiger partial charge in [0.2, 0.25) is 15.9 Å². The van der Waals surface area contributed by atoms with E-state index in [4.69, 9.17) is 11.6 Å². The molecule has 3 rings (SSSR count). The van der Waals surface area contributed by atoms with Crippen LogP contribution in [0.4, 0.5) is 18.9 Å². The summed E-state index contributed by atoms with van der Waals surface area (Å²) >= 11 is 5.86. The number of nitrogens with one attached hydrogen (secondary N) is 1. The lowest BCUT2D eigenvalue weighted by atomic mass is 10.1. The molecule has 10 heteroatoms. The molecule has 5 nitrogen and oxygen atoms in total. The van der Waals surface area contributed by atoms with Gasteiger partial charge in [-0.3, -0.25) is 4.79 Å². The van der Waals surface area contributed by atoms with Crippen LogP contribution in [-0.4, -0.2) is 25.2 Å². The highest BCUT2D eigenvalue weighted by Crippen LogP contribution is 2.30. The van der Waals surface area contributed by atoms with E-state index in [1.165, 1.54) is 30.3 Å². The lowest BCUT2D eigenvalue weighted by molar-refractivity contribution is -0.137. The molecule has 1 amide bonds. The van der Waals surface area contributed by atoms with Gasteiger partial charge in [-0.1, -0.05) is 47.5 Å². The molecule has 0 fully saturated rings. The van der Waals surface area contributed by atoms with Crippen molar-refractivity contribution in [2.45, 2.75) is 24.5 Å². The molecule has 3 aromatic carbocycles. The van der Waals surface area contributed by atoms with Crippen molar-refractivity contribution in [1.29, 1.82) is 0 Å². The quantitative estimate of drug-likeness (QED) is 0.470. The Balaban J connectivity index is 1.87. The second kappa shape index (κ2) is 9.94. The van der Waals surface area contributed by atoms with Crippen LogP contribution in [0, 0.1) is 6.92 Å². The summed E-state index contributed by atoms with van der Waals surface area (Å²) in [5.74, 6) is -0.778. The molecule has 174 valence electrons. The SMILES string of the molecule is Cc1cccc(CN(CC(=O)Nc2cccc(C(F)(F)F)c2)S(=O)(=O)c2ccc(Cl)cc2)c1. The van der Waals surface area contributed by atoms with Crippen LogP contribution in [0.1, 0.15) is 16.7 Å². The van der Waals surface area contributed by atoms with Crippen LogP contribution in [0.2, 0.25) is 5.02 Å². The number of rotatable bonds is 7. The molecule has 0 spiro atoms. The third-order valence-electron chi connectivity index (χ3n) is 4.69. The van der Waals surface area contributed by atoms with Crippen LogP contribution in [-0.2, 0) is 27.5 Å². The summed E-state index contributed by atoms with van der Waals surface area (Å²) in [6.45, 7) is 1.14. The topological polar surface area (TPSA) is 66.5 Å². The first kappa shape index (κ1) is 24.8. The monoisotopic (exact) mass is 496 g/mol. The molecule has 0 aliphatic rings. The molecule has 0 radical (unpaired) electrons. The number of hydrogen-bond donors (Lipinski definition) is 1. The van der Waals surface area contributed by atoms with Gasteiger partial charge in [0, 0.05) is 17.3 Å². The second-order valence-corrected chi connectivity index (χ2v) is 9.72. The molecule has 0 aliphatic heterocycles. The van der Waals surface area contributed by atoms with Crippen LogP contribution in [0.5, 0.6) is 0 Å². The Hall–Kier alpha value is -2.88. The first-order valence-corrected chi connectivity index (χ1v) is 11.6. The number of halogens is 4. The van der Waals surface area contributed by atoms with Gasteiger partial charge in [-0.15, -0.1) is 0 Å². The Morgan fingerprint density at radius 1 is 1.00 bits per heavy atom. The Labute approximate surface area is 194 Å². The van der Waals surface area contributed by atoms with E-state index in [2.05, 4.69) is 5.32 Å². The molecule has 0 saturated heterocycles. The first-order chi connectivity index (χ1) is 15.4. The van der Waals surface area contributed by atoms with Gasteiger partial charge in [0.15, 0.2) is 0 Å².